The van der Waals surface area contributed by atoms with Gasteiger partial charge in [-0.3, -0.25) is 14.5 Å². The molecule has 2 N–H and O–H groups in total. The molecule has 12 nitrogen and oxygen atoms in total. The van der Waals surface area contributed by atoms with E-state index in [-0.39, 0.29) is 38.8 Å². The summed E-state index contributed by atoms with van der Waals surface area (Å²) in [5.41, 5.74) is 2.61. The number of unbranched alkanes of at least 4 members (excludes halogenated alkanes) is 1. The van der Waals surface area contributed by atoms with Crippen LogP contribution in [0.3, 0.4) is 0 Å². The van der Waals surface area contributed by atoms with Gasteiger partial charge in [0.25, 0.3) is 0 Å². The Morgan fingerprint density at radius 3 is 2.58 bits per heavy atom. The number of anilines is 1. The average Bonchev–Trinajstić information content (AvgIpc) is 3.56. The lowest BCUT2D eigenvalue weighted by molar-refractivity contribution is -0.884. The quantitative estimate of drug-likeness (QED) is 0.280. The predicted octanol–water partition coefficient (Wildman–Crippen LogP) is 2.87. The molecule has 2 aromatic carbocycles. The van der Waals surface area contributed by atoms with Crippen LogP contribution in [0.4, 0.5) is 5.69 Å². The van der Waals surface area contributed by atoms with Crippen molar-refractivity contribution in [2.24, 2.45) is 5.92 Å². The Bertz CT molecular complexity index is 1480. The van der Waals surface area contributed by atoms with Crippen LogP contribution in [-0.4, -0.2) is 108 Å². The Balaban J connectivity index is 1.67. The third kappa shape index (κ3) is 8.87. The van der Waals surface area contributed by atoms with E-state index in [1.54, 1.807) is 17.0 Å². The van der Waals surface area contributed by atoms with Crippen molar-refractivity contribution in [1.29, 1.82) is 0 Å². The summed E-state index contributed by atoms with van der Waals surface area (Å²) >= 11 is 0. The number of ether oxygens (including phenoxy) is 3. The summed E-state index contributed by atoms with van der Waals surface area (Å²) in [7, 11) is 4.36. The highest BCUT2D eigenvalue weighted by Crippen LogP contribution is 2.47. The number of aliphatic carboxylic acids is 1. The molecule has 45 heavy (non-hydrogen) atoms. The van der Waals surface area contributed by atoms with E-state index < -0.39 is 33.9 Å². The second-order valence-corrected chi connectivity index (χ2v) is 14.7. The number of sulfonamides is 1. The molecule has 3 unspecified atom stereocenters. The van der Waals surface area contributed by atoms with Crippen LogP contribution in [0.1, 0.15) is 43.2 Å². The molecule has 0 saturated carbocycles. The van der Waals surface area contributed by atoms with Gasteiger partial charge in [-0.1, -0.05) is 25.5 Å². The van der Waals surface area contributed by atoms with Crippen molar-refractivity contribution in [3.8, 4) is 17.2 Å². The van der Waals surface area contributed by atoms with Crippen LogP contribution in [0.15, 0.2) is 36.4 Å². The van der Waals surface area contributed by atoms with Crippen LogP contribution in [-0.2, 0) is 26.2 Å². The summed E-state index contributed by atoms with van der Waals surface area (Å²) in [5, 5.41) is 10.5. The van der Waals surface area contributed by atoms with Crippen LogP contribution in [0.2, 0.25) is 0 Å². The van der Waals surface area contributed by atoms with Crippen molar-refractivity contribution in [3.05, 3.63) is 47.5 Å². The Kier molecular flexibility index (Phi) is 11.0. The first-order chi connectivity index (χ1) is 21.2. The van der Waals surface area contributed by atoms with Gasteiger partial charge < -0.3 is 28.7 Å². The van der Waals surface area contributed by atoms with Crippen LogP contribution < -0.4 is 23.8 Å². The number of methoxy groups -OCH3 is 1. The largest absolute Gasteiger partial charge is 0.493 e. The number of amides is 1. The van der Waals surface area contributed by atoms with E-state index in [1.807, 2.05) is 17.0 Å². The maximum atomic E-state index is 14.1. The normalized spacial score (nSPS) is 19.9. The minimum Gasteiger partial charge on any atom is -0.493 e. The van der Waals surface area contributed by atoms with E-state index in [9.17, 15) is 23.1 Å². The van der Waals surface area contributed by atoms with Crippen molar-refractivity contribution in [1.82, 2.24) is 9.62 Å². The van der Waals surface area contributed by atoms with Crippen molar-refractivity contribution >= 4 is 27.6 Å². The Morgan fingerprint density at radius 2 is 1.93 bits per heavy atom. The van der Waals surface area contributed by atoms with Crippen molar-refractivity contribution < 1.29 is 41.8 Å². The fraction of sp³-hybridized carbons (Fsp3) is 0.562. The lowest BCUT2D eigenvalue weighted by atomic mass is 9.84. The summed E-state index contributed by atoms with van der Waals surface area (Å²) in [6.07, 6.45) is 2.99. The van der Waals surface area contributed by atoms with Crippen LogP contribution >= 0.6 is 0 Å². The molecular weight excluding hydrogens is 600 g/mol. The molecule has 4 rings (SSSR count). The maximum Gasteiger partial charge on any atom is 0.308 e. The molecule has 0 radical (unpaired) electrons. The Hall–Kier alpha value is -3.39. The van der Waals surface area contributed by atoms with Crippen molar-refractivity contribution in [2.45, 2.75) is 44.7 Å². The van der Waals surface area contributed by atoms with Gasteiger partial charge in [0.15, 0.2) is 11.5 Å². The monoisotopic (exact) mass is 647 g/mol. The van der Waals surface area contributed by atoms with Gasteiger partial charge in [0, 0.05) is 42.8 Å². The van der Waals surface area contributed by atoms with E-state index in [0.29, 0.717) is 29.4 Å². The first kappa shape index (κ1) is 34.5. The molecule has 1 fully saturated rings. The summed E-state index contributed by atoms with van der Waals surface area (Å²) in [6, 6.07) is 10.9. The second kappa shape index (κ2) is 14.4. The third-order valence-corrected chi connectivity index (χ3v) is 8.93. The number of nitrogens with one attached hydrogen (secondary N) is 1. The fourth-order valence-corrected chi connectivity index (χ4v) is 6.78. The molecule has 1 amide bonds. The summed E-state index contributed by atoms with van der Waals surface area (Å²) < 4.78 is 43.6. The van der Waals surface area contributed by atoms with Gasteiger partial charge in [-0.15, -0.1) is 0 Å². The molecule has 2 aliphatic rings. The molecule has 3 atom stereocenters. The molecule has 13 heteroatoms. The number of rotatable bonds is 15. The van der Waals surface area contributed by atoms with Gasteiger partial charge in [-0.2, -0.15) is 0 Å². The summed E-state index contributed by atoms with van der Waals surface area (Å²) in [4.78, 5) is 30.7. The Morgan fingerprint density at radius 1 is 1.18 bits per heavy atom. The zero-order chi connectivity index (χ0) is 32.9. The van der Waals surface area contributed by atoms with Crippen molar-refractivity contribution in [3.63, 3.8) is 0 Å². The molecule has 1 saturated heterocycles. The number of quaternary nitrogens is 1. The lowest BCUT2D eigenvalue weighted by Gasteiger charge is -2.30. The Labute approximate surface area is 266 Å². The van der Waals surface area contributed by atoms with Gasteiger partial charge in [-0.05, 0) is 42.7 Å². The van der Waals surface area contributed by atoms with E-state index in [4.69, 9.17) is 14.2 Å². The predicted molar refractivity (Wildman–Crippen MR) is 171 cm³/mol. The molecule has 0 bridgehead atoms. The number of hydrogen-bond acceptors (Lipinski definition) is 8. The topological polar surface area (TPSA) is 135 Å². The molecule has 2 aliphatic heterocycles. The van der Waals surface area contributed by atoms with E-state index in [2.05, 4.69) is 44.9 Å². The molecular formula is C32H47N4O8S+. The number of carboxylic acids is 1. The molecule has 248 valence electrons. The van der Waals surface area contributed by atoms with Crippen molar-refractivity contribution in [2.75, 3.05) is 72.4 Å². The number of hydrogen-bond donors (Lipinski definition) is 2. The van der Waals surface area contributed by atoms with E-state index >= 15 is 0 Å². The lowest BCUT2D eigenvalue weighted by Crippen LogP contribution is -2.45. The van der Waals surface area contributed by atoms with Gasteiger partial charge in [-0.25, -0.2) is 13.1 Å². The van der Waals surface area contributed by atoms with Crippen LogP contribution in [0.25, 0.3) is 0 Å². The number of fused-ring (bicyclic) bond motifs is 1. The maximum absolute atomic E-state index is 14.1. The number of carboxylic acid groups (broad SMARTS) is 1. The molecule has 0 spiro atoms. The minimum absolute atomic E-state index is 0.0191. The highest BCUT2D eigenvalue weighted by molar-refractivity contribution is 7.88. The zero-order valence-corrected chi connectivity index (χ0v) is 27.9. The van der Waals surface area contributed by atoms with Crippen LogP contribution in [0, 0.1) is 5.92 Å². The zero-order valence-electron chi connectivity index (χ0n) is 27.1. The van der Waals surface area contributed by atoms with Gasteiger partial charge in [0.05, 0.1) is 47.0 Å². The van der Waals surface area contributed by atoms with E-state index in [0.717, 1.165) is 41.4 Å². The molecule has 2 aromatic rings. The SMILES string of the molecule is CCCCN(C(=O)CN1CC(c2cc(OC)c3c(c2)OCO3)C(C(=O)O)C1CCNS(C)(=O)=O)c1cccc(C[N+](C)(C)C)c1. The first-order valence-electron chi connectivity index (χ1n) is 15.3. The summed E-state index contributed by atoms with van der Waals surface area (Å²) in [5.74, 6) is -1.22. The fourth-order valence-electron chi connectivity index (χ4n) is 6.29. The van der Waals surface area contributed by atoms with E-state index in [1.165, 1.54) is 7.11 Å². The second-order valence-electron chi connectivity index (χ2n) is 12.9. The number of benzene rings is 2. The van der Waals surface area contributed by atoms with Gasteiger partial charge >= 0.3 is 5.97 Å². The molecule has 0 aromatic heterocycles. The number of carbonyl (C=O) groups excluding carboxylic acids is 1. The highest BCUT2D eigenvalue weighted by Gasteiger charge is 2.47. The standard InChI is InChI=1S/C32H46N4O8S/c1-7-8-14-35(24-11-9-10-22(15-24)20-36(2,3)4)29(37)19-34-18-25(23-16-27(42-5)31-28(17-23)43-21-44-31)30(32(38)39)26(34)12-13-33-45(6,40)41/h9-11,15-17,25-26,30,33H,7-8,12-14,18-21H2,1-6H3/p+1. The van der Waals surface area contributed by atoms with Crippen LogP contribution in [0.5, 0.6) is 17.2 Å². The molecule has 0 aliphatic carbocycles. The smallest absolute Gasteiger partial charge is 0.308 e. The number of nitrogens with zero attached hydrogens (tertiary/aromatic N) is 3. The minimum atomic E-state index is -3.49. The first-order valence-corrected chi connectivity index (χ1v) is 17.2. The summed E-state index contributed by atoms with van der Waals surface area (Å²) in [6.45, 7) is 3.73. The number of carbonyl (C=O) groups is 2. The van der Waals surface area contributed by atoms with Gasteiger partial charge in [0.1, 0.15) is 6.54 Å². The van der Waals surface area contributed by atoms with Gasteiger partial charge in [0.2, 0.25) is 28.5 Å². The number of likely N-dealkylation sites (tertiary alicyclic amines) is 1. The third-order valence-electron chi connectivity index (χ3n) is 8.20. The highest BCUT2D eigenvalue weighted by atomic mass is 32.2. The molecule has 2 heterocycles. The average molecular weight is 648 g/mol.